The second kappa shape index (κ2) is 6.88. The average molecular weight is 239 g/mol. The summed E-state index contributed by atoms with van der Waals surface area (Å²) >= 11 is 0. The Kier molecular flexibility index (Phi) is 5.45. The molecule has 0 unspecified atom stereocenters. The highest BCUT2D eigenvalue weighted by atomic mass is 17.2. The number of rotatable bonds is 6. The van der Waals surface area contributed by atoms with Crippen LogP contribution < -0.4 is 4.74 Å². The summed E-state index contributed by atoms with van der Waals surface area (Å²) in [5, 5.41) is 0. The van der Waals surface area contributed by atoms with Gasteiger partial charge in [-0.15, -0.1) is 0 Å². The summed E-state index contributed by atoms with van der Waals surface area (Å²) in [6.45, 7) is 1.93. The van der Waals surface area contributed by atoms with Gasteiger partial charge in [-0.1, -0.05) is 0 Å². The predicted octanol–water partition coefficient (Wildman–Crippen LogP) is 1.98. The molecule has 0 saturated heterocycles. The highest BCUT2D eigenvalue weighted by molar-refractivity contribution is 5.89. The molecule has 0 N–H and O–H groups in total. The van der Waals surface area contributed by atoms with Gasteiger partial charge in [-0.2, -0.15) is 4.89 Å². The predicted molar refractivity (Wildman–Crippen MR) is 60.3 cm³/mol. The molecular weight excluding hydrogens is 224 g/mol. The van der Waals surface area contributed by atoms with Gasteiger partial charge >= 0.3 is 5.97 Å². The number of benzene rings is 1. The first-order valence-electron chi connectivity index (χ1n) is 5.01. The molecule has 0 amide bonds. The Morgan fingerprint density at radius 1 is 1.12 bits per heavy atom. The number of hydrogen-bond donors (Lipinski definition) is 0. The van der Waals surface area contributed by atoms with Gasteiger partial charge in [0.25, 0.3) is 0 Å². The molecule has 0 aliphatic carbocycles. The lowest BCUT2D eigenvalue weighted by Gasteiger charge is -2.08. The highest BCUT2D eigenvalue weighted by Crippen LogP contribution is 2.13. The first-order valence-corrected chi connectivity index (χ1v) is 5.01. The molecule has 0 heterocycles. The quantitative estimate of drug-likeness (QED) is 0.561. The molecule has 17 heavy (non-hydrogen) atoms. The summed E-state index contributed by atoms with van der Waals surface area (Å²) in [6, 6.07) is 6.52. The third kappa shape index (κ3) is 4.42. The standard InChI is InChI=1S/C12H15O5/c1-9(8-14-2)16-17-12(13)10-4-6-11(15-3)7-5-10/h4-7H,8H2,1-3H3. The van der Waals surface area contributed by atoms with Crippen molar-refractivity contribution in [3.05, 3.63) is 35.9 Å². The zero-order valence-electron chi connectivity index (χ0n) is 10.1. The number of methoxy groups -OCH3 is 2. The highest BCUT2D eigenvalue weighted by Gasteiger charge is 2.11. The van der Waals surface area contributed by atoms with E-state index < -0.39 is 5.97 Å². The van der Waals surface area contributed by atoms with E-state index in [2.05, 4.69) is 4.89 Å². The molecule has 5 heteroatoms. The Bertz CT molecular complexity index is 346. The lowest BCUT2D eigenvalue weighted by Crippen LogP contribution is -2.11. The second-order valence-electron chi connectivity index (χ2n) is 3.32. The van der Waals surface area contributed by atoms with E-state index >= 15 is 0 Å². The van der Waals surface area contributed by atoms with Gasteiger partial charge in [0.15, 0.2) is 6.10 Å². The van der Waals surface area contributed by atoms with Crippen LogP contribution in [0, 0.1) is 6.10 Å². The SMILES string of the molecule is COC[C](C)OOC(=O)c1ccc(OC)cc1. The van der Waals surface area contributed by atoms with Crippen LogP contribution >= 0.6 is 0 Å². The molecule has 1 aromatic rings. The van der Waals surface area contributed by atoms with Crippen molar-refractivity contribution in [1.82, 2.24) is 0 Å². The molecule has 1 radical (unpaired) electrons. The van der Waals surface area contributed by atoms with Crippen molar-refractivity contribution < 1.29 is 24.0 Å². The van der Waals surface area contributed by atoms with Gasteiger partial charge in [0.2, 0.25) is 0 Å². The summed E-state index contributed by atoms with van der Waals surface area (Å²) < 4.78 is 9.78. The van der Waals surface area contributed by atoms with Crippen LogP contribution in [0.25, 0.3) is 0 Å². The molecule has 93 valence electrons. The average Bonchev–Trinajstić information content (AvgIpc) is 2.36. The Balaban J connectivity index is 2.46. The van der Waals surface area contributed by atoms with Gasteiger partial charge in [0.05, 0.1) is 19.3 Å². The van der Waals surface area contributed by atoms with Crippen molar-refractivity contribution in [2.75, 3.05) is 20.8 Å². The lowest BCUT2D eigenvalue weighted by atomic mass is 10.2. The molecular formula is C12H15O5. The molecule has 0 atom stereocenters. The molecule has 0 fully saturated rings. The number of carbonyl (C=O) groups is 1. The third-order valence-electron chi connectivity index (χ3n) is 1.93. The van der Waals surface area contributed by atoms with Crippen LogP contribution in [0.4, 0.5) is 0 Å². The van der Waals surface area contributed by atoms with E-state index in [4.69, 9.17) is 14.4 Å². The van der Waals surface area contributed by atoms with Gasteiger partial charge in [0.1, 0.15) is 5.75 Å². The van der Waals surface area contributed by atoms with Gasteiger partial charge in [-0.05, 0) is 31.2 Å². The summed E-state index contributed by atoms with van der Waals surface area (Å²) in [4.78, 5) is 20.9. The first-order chi connectivity index (χ1) is 8.17. The Morgan fingerprint density at radius 3 is 2.29 bits per heavy atom. The van der Waals surface area contributed by atoms with Crippen LogP contribution in [0.15, 0.2) is 24.3 Å². The van der Waals surface area contributed by atoms with Crippen molar-refractivity contribution in [3.8, 4) is 5.75 Å². The van der Waals surface area contributed by atoms with Gasteiger partial charge < -0.3 is 9.47 Å². The van der Waals surface area contributed by atoms with Crippen LogP contribution in [0.1, 0.15) is 17.3 Å². The molecule has 1 rings (SSSR count). The summed E-state index contributed by atoms with van der Waals surface area (Å²) in [7, 11) is 3.08. The van der Waals surface area contributed by atoms with Gasteiger partial charge in [-0.25, -0.2) is 4.79 Å². The molecule has 0 saturated carbocycles. The zero-order valence-corrected chi connectivity index (χ0v) is 10.1. The number of carbonyl (C=O) groups excluding carboxylic acids is 1. The van der Waals surface area contributed by atoms with Crippen LogP contribution in [0.3, 0.4) is 0 Å². The van der Waals surface area contributed by atoms with Gasteiger partial charge in [0, 0.05) is 7.11 Å². The maximum atomic E-state index is 11.5. The van der Waals surface area contributed by atoms with Gasteiger partial charge in [-0.3, -0.25) is 4.89 Å². The molecule has 1 aromatic carbocycles. The summed E-state index contributed by atoms with van der Waals surface area (Å²) in [6.07, 6.45) is 0.467. The van der Waals surface area contributed by atoms with Crippen molar-refractivity contribution in [1.29, 1.82) is 0 Å². The summed E-state index contributed by atoms with van der Waals surface area (Å²) in [5.74, 6) is 0.104. The normalized spacial score (nSPS) is 10.4. The van der Waals surface area contributed by atoms with E-state index in [-0.39, 0.29) is 6.61 Å². The number of hydrogen-bond acceptors (Lipinski definition) is 5. The zero-order chi connectivity index (χ0) is 12.7. The minimum Gasteiger partial charge on any atom is -0.497 e. The van der Waals surface area contributed by atoms with E-state index in [1.807, 2.05) is 0 Å². The van der Waals surface area contributed by atoms with E-state index in [1.54, 1.807) is 38.3 Å². The fraction of sp³-hybridized carbons (Fsp3) is 0.333. The Hall–Kier alpha value is -1.59. The third-order valence-corrected chi connectivity index (χ3v) is 1.93. The van der Waals surface area contributed by atoms with Crippen LogP contribution in [0.5, 0.6) is 5.75 Å². The van der Waals surface area contributed by atoms with E-state index in [1.165, 1.54) is 7.11 Å². The Morgan fingerprint density at radius 2 is 1.76 bits per heavy atom. The first kappa shape index (κ1) is 13.5. The lowest BCUT2D eigenvalue weighted by molar-refractivity contribution is -0.237. The largest absolute Gasteiger partial charge is 0.497 e. The van der Waals surface area contributed by atoms with Crippen LogP contribution in [0.2, 0.25) is 0 Å². The molecule has 0 aliphatic heterocycles. The second-order valence-corrected chi connectivity index (χ2v) is 3.32. The smallest absolute Gasteiger partial charge is 0.373 e. The maximum absolute atomic E-state index is 11.5. The Labute approximate surface area is 100 Å². The molecule has 0 aliphatic rings. The van der Waals surface area contributed by atoms with Crippen molar-refractivity contribution in [2.45, 2.75) is 6.92 Å². The maximum Gasteiger partial charge on any atom is 0.373 e. The molecule has 5 nitrogen and oxygen atoms in total. The fourth-order valence-electron chi connectivity index (χ4n) is 1.11. The van der Waals surface area contributed by atoms with Crippen LogP contribution in [-0.2, 0) is 14.5 Å². The van der Waals surface area contributed by atoms with E-state index in [9.17, 15) is 4.79 Å². The van der Waals surface area contributed by atoms with E-state index in [0.717, 1.165) is 0 Å². The van der Waals surface area contributed by atoms with Crippen molar-refractivity contribution >= 4 is 5.97 Å². The minimum atomic E-state index is -0.567. The van der Waals surface area contributed by atoms with Crippen molar-refractivity contribution in [3.63, 3.8) is 0 Å². The molecule has 0 spiro atoms. The summed E-state index contributed by atoms with van der Waals surface area (Å²) in [5.41, 5.74) is 0.385. The minimum absolute atomic E-state index is 0.274. The van der Waals surface area contributed by atoms with Crippen molar-refractivity contribution in [2.24, 2.45) is 0 Å². The molecule has 0 aromatic heterocycles. The topological polar surface area (TPSA) is 54.0 Å². The fourth-order valence-corrected chi connectivity index (χ4v) is 1.11. The molecule has 0 bridgehead atoms. The van der Waals surface area contributed by atoms with E-state index in [0.29, 0.717) is 17.4 Å². The monoisotopic (exact) mass is 239 g/mol. The van der Waals surface area contributed by atoms with Crippen LogP contribution in [-0.4, -0.2) is 26.8 Å². The number of ether oxygens (including phenoxy) is 2.